The Morgan fingerprint density at radius 1 is 0.952 bits per heavy atom. The zero-order valence-corrected chi connectivity index (χ0v) is 11.7. The minimum absolute atomic E-state index is 0.0370. The molecule has 0 unspecified atom stereocenters. The minimum Gasteiger partial charge on any atom is -0.481 e. The van der Waals surface area contributed by atoms with Gasteiger partial charge in [-0.25, -0.2) is 0 Å². The number of hydrogen-bond donors (Lipinski definition) is 3. The summed E-state index contributed by atoms with van der Waals surface area (Å²) in [6.07, 6.45) is 0.0395. The molecule has 0 heterocycles. The molecule has 0 saturated carbocycles. The molecule has 0 spiro atoms. The number of hydrogen-bond acceptors (Lipinski definition) is 3. The number of benzene rings is 2. The summed E-state index contributed by atoms with van der Waals surface area (Å²) in [5.74, 6) is -0.821. The van der Waals surface area contributed by atoms with E-state index in [0.29, 0.717) is 13.1 Å². The average Bonchev–Trinajstić information content (AvgIpc) is 2.49. The molecule has 0 radical (unpaired) electrons. The van der Waals surface area contributed by atoms with Gasteiger partial charge in [-0.15, -0.1) is 0 Å². The van der Waals surface area contributed by atoms with Crippen LogP contribution in [0.2, 0.25) is 0 Å². The molecule has 2 rings (SSSR count). The van der Waals surface area contributed by atoms with Crippen molar-refractivity contribution in [2.24, 2.45) is 0 Å². The first-order chi connectivity index (χ1) is 10.2. The molecule has 2 aromatic carbocycles. The third kappa shape index (κ3) is 4.70. The summed E-state index contributed by atoms with van der Waals surface area (Å²) in [7, 11) is 0. The normalized spacial score (nSPS) is 10.5. The molecule has 0 aliphatic rings. The van der Waals surface area contributed by atoms with Gasteiger partial charge in [0.1, 0.15) is 0 Å². The summed E-state index contributed by atoms with van der Waals surface area (Å²) >= 11 is 0. The Morgan fingerprint density at radius 3 is 2.38 bits per heavy atom. The van der Waals surface area contributed by atoms with Crippen LogP contribution >= 0.6 is 0 Å². The average molecular weight is 285 g/mol. The third-order valence-corrected chi connectivity index (χ3v) is 3.28. The van der Waals surface area contributed by atoms with E-state index in [-0.39, 0.29) is 13.0 Å². The number of carboxylic acid groups (broad SMARTS) is 1. The summed E-state index contributed by atoms with van der Waals surface area (Å²) in [5, 5.41) is 21.3. The van der Waals surface area contributed by atoms with Gasteiger partial charge in [0.25, 0.3) is 0 Å². The van der Waals surface area contributed by atoms with Crippen LogP contribution < -0.4 is 5.32 Å². The fourth-order valence-electron chi connectivity index (χ4n) is 2.24. The summed E-state index contributed by atoms with van der Waals surface area (Å²) < 4.78 is 0. The highest BCUT2D eigenvalue weighted by Crippen LogP contribution is 2.10. The van der Waals surface area contributed by atoms with Crippen LogP contribution in [0.5, 0.6) is 0 Å². The van der Waals surface area contributed by atoms with Crippen LogP contribution in [0, 0.1) is 0 Å². The van der Waals surface area contributed by atoms with E-state index < -0.39 is 5.97 Å². The number of rotatable bonds is 7. The number of aliphatic carboxylic acids is 1. The summed E-state index contributed by atoms with van der Waals surface area (Å²) in [4.78, 5) is 10.8. The maximum absolute atomic E-state index is 10.8. The predicted octanol–water partition coefficient (Wildman–Crippen LogP) is 2.10. The van der Waals surface area contributed by atoms with Gasteiger partial charge in [0.15, 0.2) is 0 Å². The number of aliphatic hydroxyl groups excluding tert-OH is 1. The van der Waals surface area contributed by atoms with E-state index in [0.717, 1.165) is 22.3 Å². The standard InChI is InChI=1S/C17H19NO3/c19-12-14-5-3-4-13(8-14)10-18-11-16-7-2-1-6-15(16)9-17(20)21/h1-8,18-19H,9-12H2,(H,20,21). The first-order valence-corrected chi connectivity index (χ1v) is 6.87. The van der Waals surface area contributed by atoms with Crippen LogP contribution in [-0.4, -0.2) is 16.2 Å². The van der Waals surface area contributed by atoms with Crippen molar-refractivity contribution in [2.75, 3.05) is 0 Å². The Balaban J connectivity index is 1.95. The fourth-order valence-corrected chi connectivity index (χ4v) is 2.24. The molecule has 2 aromatic rings. The number of carbonyl (C=O) groups is 1. The molecule has 21 heavy (non-hydrogen) atoms. The van der Waals surface area contributed by atoms with Gasteiger partial charge in [-0.1, -0.05) is 48.5 Å². The Hall–Kier alpha value is -2.17. The van der Waals surface area contributed by atoms with Crippen molar-refractivity contribution in [3.05, 3.63) is 70.8 Å². The molecule has 0 aliphatic heterocycles. The quantitative estimate of drug-likeness (QED) is 0.728. The van der Waals surface area contributed by atoms with E-state index >= 15 is 0 Å². The molecule has 0 bridgehead atoms. The molecule has 110 valence electrons. The highest BCUT2D eigenvalue weighted by atomic mass is 16.4. The predicted molar refractivity (Wildman–Crippen MR) is 80.7 cm³/mol. The molecule has 0 saturated heterocycles. The van der Waals surface area contributed by atoms with Crippen LogP contribution in [0.1, 0.15) is 22.3 Å². The summed E-state index contributed by atoms with van der Waals surface area (Å²) in [5.41, 5.74) is 3.82. The lowest BCUT2D eigenvalue weighted by Crippen LogP contribution is -2.15. The van der Waals surface area contributed by atoms with Gasteiger partial charge in [0, 0.05) is 13.1 Å². The van der Waals surface area contributed by atoms with Crippen LogP contribution in [0.15, 0.2) is 48.5 Å². The van der Waals surface area contributed by atoms with Crippen LogP contribution in [0.3, 0.4) is 0 Å². The first kappa shape index (κ1) is 15.2. The number of carboxylic acids is 1. The van der Waals surface area contributed by atoms with E-state index in [4.69, 9.17) is 10.2 Å². The molecule has 0 aromatic heterocycles. The first-order valence-electron chi connectivity index (χ1n) is 6.87. The second kappa shape index (κ2) is 7.57. The lowest BCUT2D eigenvalue weighted by molar-refractivity contribution is -0.136. The Kier molecular flexibility index (Phi) is 5.49. The molecule has 0 amide bonds. The van der Waals surface area contributed by atoms with E-state index in [2.05, 4.69) is 5.32 Å². The Bertz CT molecular complexity index is 610. The second-order valence-corrected chi connectivity index (χ2v) is 4.92. The largest absolute Gasteiger partial charge is 0.481 e. The zero-order valence-electron chi connectivity index (χ0n) is 11.7. The monoisotopic (exact) mass is 285 g/mol. The Labute approximate surface area is 124 Å². The van der Waals surface area contributed by atoms with Crippen molar-refractivity contribution in [3.63, 3.8) is 0 Å². The van der Waals surface area contributed by atoms with E-state index in [1.54, 1.807) is 0 Å². The van der Waals surface area contributed by atoms with Crippen LogP contribution in [0.25, 0.3) is 0 Å². The molecule has 0 fully saturated rings. The lowest BCUT2D eigenvalue weighted by atomic mass is 10.0. The minimum atomic E-state index is -0.821. The molecule has 4 heteroatoms. The van der Waals surface area contributed by atoms with Gasteiger partial charge < -0.3 is 15.5 Å². The molecular formula is C17H19NO3. The molecule has 3 N–H and O–H groups in total. The third-order valence-electron chi connectivity index (χ3n) is 3.28. The highest BCUT2D eigenvalue weighted by molar-refractivity contribution is 5.70. The van der Waals surface area contributed by atoms with Crippen LogP contribution in [0.4, 0.5) is 0 Å². The number of nitrogens with one attached hydrogen (secondary N) is 1. The fraction of sp³-hybridized carbons (Fsp3) is 0.235. The van der Waals surface area contributed by atoms with E-state index in [9.17, 15) is 4.79 Å². The highest BCUT2D eigenvalue weighted by Gasteiger charge is 2.05. The molecule has 4 nitrogen and oxygen atoms in total. The number of aliphatic hydroxyl groups is 1. The van der Waals surface area contributed by atoms with Crippen molar-refractivity contribution in [1.29, 1.82) is 0 Å². The SMILES string of the molecule is O=C(O)Cc1ccccc1CNCc1cccc(CO)c1. The zero-order chi connectivity index (χ0) is 15.1. The molecular weight excluding hydrogens is 266 g/mol. The van der Waals surface area contributed by atoms with Gasteiger partial charge >= 0.3 is 5.97 Å². The van der Waals surface area contributed by atoms with Crippen molar-refractivity contribution < 1.29 is 15.0 Å². The van der Waals surface area contributed by atoms with E-state index in [1.807, 2.05) is 48.5 Å². The maximum Gasteiger partial charge on any atom is 0.307 e. The van der Waals surface area contributed by atoms with Gasteiger partial charge in [-0.3, -0.25) is 4.79 Å². The molecule has 0 atom stereocenters. The van der Waals surface area contributed by atoms with Crippen molar-refractivity contribution in [3.8, 4) is 0 Å². The Morgan fingerprint density at radius 2 is 1.67 bits per heavy atom. The van der Waals surface area contributed by atoms with Crippen molar-refractivity contribution in [1.82, 2.24) is 5.32 Å². The van der Waals surface area contributed by atoms with Gasteiger partial charge in [0.05, 0.1) is 13.0 Å². The lowest BCUT2D eigenvalue weighted by Gasteiger charge is -2.10. The smallest absolute Gasteiger partial charge is 0.307 e. The topological polar surface area (TPSA) is 69.6 Å². The summed E-state index contributed by atoms with van der Waals surface area (Å²) in [6, 6.07) is 15.3. The molecule has 0 aliphatic carbocycles. The maximum atomic E-state index is 10.8. The second-order valence-electron chi connectivity index (χ2n) is 4.92. The van der Waals surface area contributed by atoms with Gasteiger partial charge in [0.2, 0.25) is 0 Å². The van der Waals surface area contributed by atoms with Crippen molar-refractivity contribution in [2.45, 2.75) is 26.1 Å². The van der Waals surface area contributed by atoms with Crippen LogP contribution in [-0.2, 0) is 30.9 Å². The van der Waals surface area contributed by atoms with Gasteiger partial charge in [-0.05, 0) is 22.3 Å². The van der Waals surface area contributed by atoms with E-state index in [1.165, 1.54) is 0 Å². The van der Waals surface area contributed by atoms with Gasteiger partial charge in [-0.2, -0.15) is 0 Å². The summed E-state index contributed by atoms with van der Waals surface area (Å²) in [6.45, 7) is 1.33. The van der Waals surface area contributed by atoms with Crippen molar-refractivity contribution >= 4 is 5.97 Å².